The minimum Gasteiger partial charge on any atom is -0.508 e. The first-order chi connectivity index (χ1) is 13.7. The maximum atomic E-state index is 12.8. The van der Waals surface area contributed by atoms with Gasteiger partial charge >= 0.3 is 0 Å². The van der Waals surface area contributed by atoms with Crippen LogP contribution in [0.25, 0.3) is 21.6 Å². The van der Waals surface area contributed by atoms with Crippen LogP contribution >= 0.6 is 11.3 Å². The molecule has 0 amide bonds. The summed E-state index contributed by atoms with van der Waals surface area (Å²) in [6.07, 6.45) is 0.867. The number of nitrogens with one attached hydrogen (secondary N) is 1. The van der Waals surface area contributed by atoms with Crippen molar-refractivity contribution in [1.29, 1.82) is 0 Å². The fourth-order valence-electron chi connectivity index (χ4n) is 3.79. The van der Waals surface area contributed by atoms with E-state index in [-0.39, 0.29) is 11.3 Å². The van der Waals surface area contributed by atoms with Gasteiger partial charge in [0.1, 0.15) is 16.4 Å². The molecule has 0 bridgehead atoms. The third-order valence-electron chi connectivity index (χ3n) is 5.18. The van der Waals surface area contributed by atoms with E-state index < -0.39 is 0 Å². The zero-order chi connectivity index (χ0) is 19.1. The number of rotatable bonds is 3. The van der Waals surface area contributed by atoms with Crippen molar-refractivity contribution in [3.63, 3.8) is 0 Å². The van der Waals surface area contributed by atoms with Crippen molar-refractivity contribution in [2.75, 3.05) is 6.54 Å². The highest BCUT2D eigenvalue weighted by Gasteiger charge is 2.24. The quantitative estimate of drug-likeness (QED) is 0.557. The molecule has 5 rings (SSSR count). The van der Waals surface area contributed by atoms with Gasteiger partial charge in [-0.2, -0.15) is 0 Å². The van der Waals surface area contributed by atoms with Crippen molar-refractivity contribution in [2.45, 2.75) is 19.5 Å². The lowest BCUT2D eigenvalue weighted by Gasteiger charge is -2.26. The Bertz CT molecular complexity index is 1200. The number of H-pyrrole nitrogens is 1. The van der Waals surface area contributed by atoms with Crippen molar-refractivity contribution in [1.82, 2.24) is 14.9 Å². The molecule has 1 aliphatic rings. The van der Waals surface area contributed by atoms with Gasteiger partial charge in [0.15, 0.2) is 0 Å². The minimum absolute atomic E-state index is 0.0814. The van der Waals surface area contributed by atoms with Crippen LogP contribution in [0.4, 0.5) is 0 Å². The standard InChI is InChI=1S/C22H19N3O2S/c26-16-8-6-15(7-9-16)20-23-21(27)19-17-10-11-25(12-14-4-2-1-3-5-14)13-18(17)28-22(19)24-20/h1-9,26H,10-13H2,(H,23,24,27). The Balaban J connectivity index is 1.49. The zero-order valence-electron chi connectivity index (χ0n) is 15.2. The summed E-state index contributed by atoms with van der Waals surface area (Å²) in [5, 5.41) is 10.2. The van der Waals surface area contributed by atoms with Crippen molar-refractivity contribution in [3.8, 4) is 17.1 Å². The monoisotopic (exact) mass is 389 g/mol. The van der Waals surface area contributed by atoms with Gasteiger partial charge in [0.05, 0.1) is 5.39 Å². The molecule has 2 aromatic heterocycles. The van der Waals surface area contributed by atoms with Crippen LogP contribution in [-0.4, -0.2) is 26.5 Å². The highest BCUT2D eigenvalue weighted by atomic mass is 32.1. The molecule has 0 saturated carbocycles. The number of thiophene rings is 1. The molecule has 0 aliphatic carbocycles. The Morgan fingerprint density at radius 3 is 2.68 bits per heavy atom. The summed E-state index contributed by atoms with van der Waals surface area (Å²) in [7, 11) is 0. The highest BCUT2D eigenvalue weighted by Crippen LogP contribution is 2.33. The Labute approximate surface area is 165 Å². The number of aromatic amines is 1. The molecule has 0 spiro atoms. The maximum absolute atomic E-state index is 12.8. The number of hydrogen-bond acceptors (Lipinski definition) is 5. The van der Waals surface area contributed by atoms with Crippen LogP contribution < -0.4 is 5.56 Å². The third-order valence-corrected chi connectivity index (χ3v) is 6.29. The molecular formula is C22H19N3O2S. The molecule has 3 heterocycles. The fourth-order valence-corrected chi connectivity index (χ4v) is 5.05. The van der Waals surface area contributed by atoms with Crippen molar-refractivity contribution >= 4 is 21.6 Å². The largest absolute Gasteiger partial charge is 0.508 e. The number of hydrogen-bond donors (Lipinski definition) is 2. The molecule has 0 atom stereocenters. The first-order valence-corrected chi connectivity index (χ1v) is 10.1. The van der Waals surface area contributed by atoms with Crippen LogP contribution in [0, 0.1) is 0 Å². The summed E-state index contributed by atoms with van der Waals surface area (Å²) >= 11 is 1.62. The number of phenolic OH excluding ortho intramolecular Hbond substituents is 1. The van der Waals surface area contributed by atoms with Gasteiger partial charge in [-0.05, 0) is 41.8 Å². The molecule has 0 fully saturated rings. The van der Waals surface area contributed by atoms with Crippen molar-refractivity contribution in [2.24, 2.45) is 0 Å². The van der Waals surface area contributed by atoms with Gasteiger partial charge in [-0.1, -0.05) is 30.3 Å². The molecule has 0 saturated heterocycles. The summed E-state index contributed by atoms with van der Waals surface area (Å²) in [5.41, 5.74) is 3.16. The average Bonchev–Trinajstić information content (AvgIpc) is 3.07. The van der Waals surface area contributed by atoms with E-state index in [1.54, 1.807) is 35.6 Å². The van der Waals surface area contributed by atoms with Crippen LogP contribution in [0.2, 0.25) is 0 Å². The summed E-state index contributed by atoms with van der Waals surface area (Å²) in [5.74, 6) is 0.731. The van der Waals surface area contributed by atoms with Crippen molar-refractivity contribution < 1.29 is 5.11 Å². The lowest BCUT2D eigenvalue weighted by atomic mass is 10.0. The van der Waals surface area contributed by atoms with E-state index >= 15 is 0 Å². The molecule has 28 heavy (non-hydrogen) atoms. The molecule has 4 aromatic rings. The summed E-state index contributed by atoms with van der Waals surface area (Å²) in [4.78, 5) is 24.9. The van der Waals surface area contributed by atoms with Crippen LogP contribution in [0.1, 0.15) is 16.0 Å². The van der Waals surface area contributed by atoms with E-state index in [4.69, 9.17) is 4.98 Å². The summed E-state index contributed by atoms with van der Waals surface area (Å²) in [6, 6.07) is 17.2. The molecule has 6 heteroatoms. The van der Waals surface area contributed by atoms with Gasteiger partial charge in [0.25, 0.3) is 5.56 Å². The Morgan fingerprint density at radius 2 is 1.89 bits per heavy atom. The van der Waals surface area contributed by atoms with Gasteiger partial charge in [0.2, 0.25) is 0 Å². The molecule has 0 unspecified atom stereocenters. The van der Waals surface area contributed by atoms with Gasteiger partial charge in [-0.25, -0.2) is 4.98 Å². The Kier molecular flexibility index (Phi) is 4.22. The lowest BCUT2D eigenvalue weighted by Crippen LogP contribution is -2.29. The van der Waals surface area contributed by atoms with Crippen LogP contribution in [0.3, 0.4) is 0 Å². The maximum Gasteiger partial charge on any atom is 0.260 e. The van der Waals surface area contributed by atoms with Crippen LogP contribution in [0.15, 0.2) is 59.4 Å². The number of nitrogens with zero attached hydrogens (tertiary/aromatic N) is 2. The topological polar surface area (TPSA) is 69.2 Å². The fraction of sp³-hybridized carbons (Fsp3) is 0.182. The molecular weight excluding hydrogens is 370 g/mol. The van der Waals surface area contributed by atoms with Crippen LogP contribution in [0.5, 0.6) is 5.75 Å². The van der Waals surface area contributed by atoms with Crippen LogP contribution in [-0.2, 0) is 19.5 Å². The predicted molar refractivity (Wildman–Crippen MR) is 112 cm³/mol. The van der Waals surface area contributed by atoms with E-state index in [0.29, 0.717) is 5.82 Å². The normalized spacial score (nSPS) is 14.3. The molecule has 5 nitrogen and oxygen atoms in total. The third kappa shape index (κ3) is 3.10. The van der Waals surface area contributed by atoms with Gasteiger partial charge in [-0.15, -0.1) is 11.3 Å². The molecule has 2 aromatic carbocycles. The summed E-state index contributed by atoms with van der Waals surface area (Å²) in [6.45, 7) is 2.70. The SMILES string of the molecule is O=c1[nH]c(-c2ccc(O)cc2)nc2sc3c(c12)CCN(Cc1ccccc1)C3. The van der Waals surface area contributed by atoms with Gasteiger partial charge in [0, 0.05) is 30.1 Å². The number of phenols is 1. The van der Waals surface area contributed by atoms with Gasteiger partial charge in [-0.3, -0.25) is 9.69 Å². The second kappa shape index (κ2) is 6.89. The predicted octanol–water partition coefficient (Wildman–Crippen LogP) is 3.92. The molecule has 0 radical (unpaired) electrons. The second-order valence-electron chi connectivity index (χ2n) is 7.09. The Morgan fingerprint density at radius 1 is 1.11 bits per heavy atom. The number of aromatic nitrogens is 2. The zero-order valence-corrected chi connectivity index (χ0v) is 16.0. The minimum atomic E-state index is -0.0814. The molecule has 140 valence electrons. The number of fused-ring (bicyclic) bond motifs is 3. The molecule has 1 aliphatic heterocycles. The van der Waals surface area contributed by atoms with E-state index in [2.05, 4.69) is 34.1 Å². The molecule has 2 N–H and O–H groups in total. The average molecular weight is 389 g/mol. The first-order valence-electron chi connectivity index (χ1n) is 9.27. The Hall–Kier alpha value is -2.96. The summed E-state index contributed by atoms with van der Waals surface area (Å²) < 4.78 is 0. The van der Waals surface area contributed by atoms with Gasteiger partial charge < -0.3 is 10.1 Å². The van der Waals surface area contributed by atoms with E-state index in [1.165, 1.54) is 10.4 Å². The smallest absolute Gasteiger partial charge is 0.260 e. The first kappa shape index (κ1) is 17.2. The van der Waals surface area contributed by atoms with Crippen molar-refractivity contribution in [3.05, 3.63) is 81.0 Å². The van der Waals surface area contributed by atoms with E-state index in [0.717, 1.165) is 47.4 Å². The van der Waals surface area contributed by atoms with E-state index in [1.807, 2.05) is 6.07 Å². The van der Waals surface area contributed by atoms with E-state index in [9.17, 15) is 9.90 Å². The lowest BCUT2D eigenvalue weighted by molar-refractivity contribution is 0.249. The number of benzene rings is 2. The highest BCUT2D eigenvalue weighted by molar-refractivity contribution is 7.18. The number of aromatic hydroxyl groups is 1. The second-order valence-corrected chi connectivity index (χ2v) is 8.18.